The van der Waals surface area contributed by atoms with Crippen molar-refractivity contribution in [3.8, 4) is 11.5 Å². The van der Waals surface area contributed by atoms with Crippen LogP contribution in [0.2, 0.25) is 0 Å². The fourth-order valence-corrected chi connectivity index (χ4v) is 4.40. The van der Waals surface area contributed by atoms with E-state index in [1.807, 2.05) is 38.1 Å². The number of urea groups is 1. The van der Waals surface area contributed by atoms with Gasteiger partial charge in [-0.05, 0) is 67.6 Å². The van der Waals surface area contributed by atoms with E-state index in [4.69, 9.17) is 4.74 Å². The largest absolute Gasteiger partial charge is 0.457 e. The molecule has 2 aromatic carbocycles. The molecule has 2 N–H and O–H groups in total. The Balaban J connectivity index is 1.36. The average Bonchev–Trinajstić information content (AvgIpc) is 2.97. The van der Waals surface area contributed by atoms with E-state index in [1.165, 1.54) is 0 Å². The molecule has 1 saturated heterocycles. The first-order chi connectivity index (χ1) is 14.9. The molecule has 4 amide bonds. The van der Waals surface area contributed by atoms with Crippen LogP contribution < -0.4 is 15.4 Å². The molecule has 1 aliphatic carbocycles. The molecule has 2 fully saturated rings. The number of rotatable bonds is 5. The molecule has 2 aromatic rings. The Kier molecular flexibility index (Phi) is 5.67. The molecular weight excluding hydrogens is 394 g/mol. The molecule has 1 saturated carbocycles. The highest BCUT2D eigenvalue weighted by molar-refractivity contribution is 6.10. The molecule has 1 spiro atoms. The zero-order chi connectivity index (χ0) is 22.0. The summed E-state index contributed by atoms with van der Waals surface area (Å²) < 4.78 is 5.81. The second-order valence-corrected chi connectivity index (χ2v) is 8.43. The first-order valence-corrected chi connectivity index (χ1v) is 10.7. The fourth-order valence-electron chi connectivity index (χ4n) is 4.40. The number of ether oxygens (including phenoxy) is 1. The van der Waals surface area contributed by atoms with Gasteiger partial charge in [-0.25, -0.2) is 4.79 Å². The molecule has 1 aliphatic heterocycles. The maximum absolute atomic E-state index is 13.0. The van der Waals surface area contributed by atoms with Crippen molar-refractivity contribution in [2.75, 3.05) is 11.9 Å². The molecule has 162 valence electrons. The number of imide groups is 1. The number of nitrogens with one attached hydrogen (secondary N) is 2. The topological polar surface area (TPSA) is 87.7 Å². The molecular formula is C24H27N3O4. The van der Waals surface area contributed by atoms with Gasteiger partial charge < -0.3 is 15.4 Å². The zero-order valence-electron chi connectivity index (χ0n) is 17.8. The summed E-state index contributed by atoms with van der Waals surface area (Å²) in [7, 11) is 0. The van der Waals surface area contributed by atoms with Crippen molar-refractivity contribution in [3.05, 3.63) is 54.1 Å². The number of amides is 4. The van der Waals surface area contributed by atoms with Gasteiger partial charge >= 0.3 is 6.03 Å². The van der Waals surface area contributed by atoms with Crippen molar-refractivity contribution >= 4 is 23.5 Å². The van der Waals surface area contributed by atoms with Crippen molar-refractivity contribution in [1.29, 1.82) is 0 Å². The molecule has 7 nitrogen and oxygen atoms in total. The molecule has 2 aliphatic rings. The van der Waals surface area contributed by atoms with Crippen LogP contribution in [-0.2, 0) is 9.59 Å². The summed E-state index contributed by atoms with van der Waals surface area (Å²) in [6.45, 7) is 3.68. The summed E-state index contributed by atoms with van der Waals surface area (Å²) in [6, 6.07) is 14.2. The quantitative estimate of drug-likeness (QED) is 0.708. The lowest BCUT2D eigenvalue weighted by molar-refractivity contribution is -0.136. The van der Waals surface area contributed by atoms with Crippen LogP contribution in [0.3, 0.4) is 0 Å². The van der Waals surface area contributed by atoms with Crippen LogP contribution in [0.15, 0.2) is 48.5 Å². The highest BCUT2D eigenvalue weighted by Crippen LogP contribution is 2.38. The monoisotopic (exact) mass is 421 g/mol. The van der Waals surface area contributed by atoms with Crippen LogP contribution in [0.4, 0.5) is 10.5 Å². The summed E-state index contributed by atoms with van der Waals surface area (Å²) >= 11 is 0. The smallest absolute Gasteiger partial charge is 0.325 e. The van der Waals surface area contributed by atoms with Crippen LogP contribution in [0.5, 0.6) is 11.5 Å². The second-order valence-electron chi connectivity index (χ2n) is 8.43. The van der Waals surface area contributed by atoms with Gasteiger partial charge in [-0.15, -0.1) is 0 Å². The van der Waals surface area contributed by atoms with Crippen molar-refractivity contribution in [3.63, 3.8) is 0 Å². The first kappa shape index (κ1) is 20.9. The molecule has 2 atom stereocenters. The lowest BCUT2D eigenvalue weighted by Gasteiger charge is -2.36. The minimum Gasteiger partial charge on any atom is -0.457 e. The standard InChI is InChI=1S/C24H27N3O4/c1-16-6-5-8-20(14-16)31-19-11-9-18(10-12-19)25-21(28)15-27-22(29)24(26-23(27)30)13-4-3-7-17(24)2/h5-6,8-12,14,17H,3-4,7,13,15H2,1-2H3,(H,25,28)(H,26,30). The Morgan fingerprint density at radius 3 is 2.65 bits per heavy atom. The fraction of sp³-hybridized carbons (Fsp3) is 0.375. The molecule has 1 heterocycles. The summed E-state index contributed by atoms with van der Waals surface area (Å²) in [4.78, 5) is 39.0. The Hall–Kier alpha value is -3.35. The van der Waals surface area contributed by atoms with Gasteiger partial charge in [0.1, 0.15) is 23.6 Å². The van der Waals surface area contributed by atoms with Gasteiger partial charge in [0.25, 0.3) is 5.91 Å². The number of carbonyl (C=O) groups is 3. The number of nitrogens with zero attached hydrogens (tertiary/aromatic N) is 1. The van der Waals surface area contributed by atoms with E-state index < -0.39 is 17.5 Å². The van der Waals surface area contributed by atoms with Gasteiger partial charge in [0, 0.05) is 5.69 Å². The number of aryl methyl sites for hydroxylation is 1. The number of benzene rings is 2. The Morgan fingerprint density at radius 1 is 1.16 bits per heavy atom. The third-order valence-corrected chi connectivity index (χ3v) is 6.17. The van der Waals surface area contributed by atoms with E-state index >= 15 is 0 Å². The normalized spacial score (nSPS) is 23.0. The molecule has 0 bridgehead atoms. The van der Waals surface area contributed by atoms with Crippen molar-refractivity contribution in [2.45, 2.75) is 45.1 Å². The number of carbonyl (C=O) groups excluding carboxylic acids is 3. The average molecular weight is 421 g/mol. The summed E-state index contributed by atoms with van der Waals surface area (Å²) in [5.74, 6) is 0.733. The van der Waals surface area contributed by atoms with E-state index in [0.29, 0.717) is 17.9 Å². The predicted molar refractivity (Wildman–Crippen MR) is 117 cm³/mol. The molecule has 7 heteroatoms. The maximum Gasteiger partial charge on any atom is 0.325 e. The highest BCUT2D eigenvalue weighted by Gasteiger charge is 2.55. The third-order valence-electron chi connectivity index (χ3n) is 6.17. The van der Waals surface area contributed by atoms with Crippen LogP contribution >= 0.6 is 0 Å². The van der Waals surface area contributed by atoms with Crippen LogP contribution in [0.1, 0.15) is 38.2 Å². The minimum absolute atomic E-state index is 0.0618. The van der Waals surface area contributed by atoms with Crippen molar-refractivity contribution < 1.29 is 19.1 Å². The number of hydrogen-bond acceptors (Lipinski definition) is 4. The van der Waals surface area contributed by atoms with Gasteiger partial charge in [0.15, 0.2) is 0 Å². The Labute approximate surface area is 181 Å². The summed E-state index contributed by atoms with van der Waals surface area (Å²) in [5.41, 5.74) is 0.811. The van der Waals surface area contributed by atoms with Crippen molar-refractivity contribution in [1.82, 2.24) is 10.2 Å². The lowest BCUT2D eigenvalue weighted by atomic mass is 9.73. The summed E-state index contributed by atoms with van der Waals surface area (Å²) in [5, 5.41) is 5.61. The third kappa shape index (κ3) is 4.26. The van der Waals surface area contributed by atoms with Crippen molar-refractivity contribution in [2.24, 2.45) is 5.92 Å². The SMILES string of the molecule is Cc1cccc(Oc2ccc(NC(=O)CN3C(=O)NC4(CCCCC4C)C3=O)cc2)c1. The molecule has 4 rings (SSSR count). The van der Waals surface area contributed by atoms with Gasteiger partial charge in [-0.3, -0.25) is 14.5 Å². The van der Waals surface area contributed by atoms with E-state index in [0.717, 1.165) is 35.5 Å². The van der Waals surface area contributed by atoms with E-state index in [2.05, 4.69) is 10.6 Å². The Bertz CT molecular complexity index is 1000. The second kappa shape index (κ2) is 8.41. The van der Waals surface area contributed by atoms with Gasteiger partial charge in [0.2, 0.25) is 5.91 Å². The van der Waals surface area contributed by atoms with Crippen LogP contribution in [0.25, 0.3) is 0 Å². The van der Waals surface area contributed by atoms with E-state index in [-0.39, 0.29) is 18.4 Å². The molecule has 31 heavy (non-hydrogen) atoms. The first-order valence-electron chi connectivity index (χ1n) is 10.7. The highest BCUT2D eigenvalue weighted by atomic mass is 16.5. The summed E-state index contributed by atoms with van der Waals surface area (Å²) in [6.07, 6.45) is 3.46. The van der Waals surface area contributed by atoms with Crippen LogP contribution in [0, 0.1) is 12.8 Å². The predicted octanol–water partition coefficient (Wildman–Crippen LogP) is 4.23. The van der Waals surface area contributed by atoms with Gasteiger partial charge in [0.05, 0.1) is 0 Å². The number of anilines is 1. The molecule has 2 unspecified atom stereocenters. The number of hydrogen-bond donors (Lipinski definition) is 2. The van der Waals surface area contributed by atoms with E-state index in [9.17, 15) is 14.4 Å². The lowest BCUT2D eigenvalue weighted by Crippen LogP contribution is -2.54. The van der Waals surface area contributed by atoms with Gasteiger partial charge in [-0.1, -0.05) is 31.9 Å². The maximum atomic E-state index is 13.0. The molecule has 0 aromatic heterocycles. The zero-order valence-corrected chi connectivity index (χ0v) is 17.8. The molecule has 0 radical (unpaired) electrons. The van der Waals surface area contributed by atoms with Gasteiger partial charge in [-0.2, -0.15) is 0 Å². The van der Waals surface area contributed by atoms with E-state index in [1.54, 1.807) is 24.3 Å². The Morgan fingerprint density at radius 2 is 1.94 bits per heavy atom. The van der Waals surface area contributed by atoms with Crippen LogP contribution in [-0.4, -0.2) is 34.8 Å². The minimum atomic E-state index is -0.857.